The third kappa shape index (κ3) is 5.00. The molecule has 0 aliphatic rings. The highest BCUT2D eigenvalue weighted by Gasteiger charge is 2.20. The van der Waals surface area contributed by atoms with Crippen molar-refractivity contribution in [2.24, 2.45) is 0 Å². The smallest absolute Gasteiger partial charge is 0.324 e. The summed E-state index contributed by atoms with van der Waals surface area (Å²) in [5.41, 5.74) is 1.29. The van der Waals surface area contributed by atoms with E-state index in [1.165, 1.54) is 12.1 Å². The molecule has 0 aromatic heterocycles. The molecule has 0 aliphatic carbocycles. The zero-order valence-electron chi connectivity index (χ0n) is 12.5. The molecule has 0 radical (unpaired) electrons. The molecule has 0 saturated carbocycles. The van der Waals surface area contributed by atoms with Crippen LogP contribution in [0.5, 0.6) is 5.75 Å². The lowest BCUT2D eigenvalue weighted by atomic mass is 10.2. The number of carbonyl (C=O) groups is 1. The van der Waals surface area contributed by atoms with E-state index in [-0.39, 0.29) is 5.69 Å². The van der Waals surface area contributed by atoms with Gasteiger partial charge < -0.3 is 9.84 Å². The Morgan fingerprint density at radius 1 is 1.09 bits per heavy atom. The molecule has 0 amide bonds. The Bertz CT molecular complexity index is 757. The number of hydrogen-bond donors (Lipinski definition) is 1. The van der Waals surface area contributed by atoms with Crippen LogP contribution in [0.25, 0.3) is 0 Å². The van der Waals surface area contributed by atoms with Gasteiger partial charge in [0.2, 0.25) is 10.0 Å². The fourth-order valence-corrected chi connectivity index (χ4v) is 2.82. The van der Waals surface area contributed by atoms with Crippen LogP contribution in [0.2, 0.25) is 0 Å². The Morgan fingerprint density at radius 2 is 1.70 bits per heavy atom. The number of sulfonamides is 1. The van der Waals surface area contributed by atoms with Crippen molar-refractivity contribution in [2.75, 3.05) is 17.1 Å². The Hall–Kier alpha value is -2.54. The lowest BCUT2D eigenvalue weighted by Gasteiger charge is -2.20. The summed E-state index contributed by atoms with van der Waals surface area (Å²) < 4.78 is 29.8. The van der Waals surface area contributed by atoms with E-state index < -0.39 is 22.5 Å². The second-order valence-electron chi connectivity index (χ2n) is 4.93. The Morgan fingerprint density at radius 3 is 2.22 bits per heavy atom. The van der Waals surface area contributed by atoms with Crippen molar-refractivity contribution >= 4 is 21.7 Å². The van der Waals surface area contributed by atoms with Crippen molar-refractivity contribution in [2.45, 2.75) is 6.61 Å². The maximum atomic E-state index is 11.7. The average Bonchev–Trinajstić information content (AvgIpc) is 2.51. The molecular formula is C16H17NO5S. The Labute approximate surface area is 135 Å². The minimum absolute atomic E-state index is 0.280. The fourth-order valence-electron chi connectivity index (χ4n) is 1.97. The molecule has 2 rings (SSSR count). The van der Waals surface area contributed by atoms with Gasteiger partial charge in [-0.3, -0.25) is 9.10 Å². The van der Waals surface area contributed by atoms with Crippen LogP contribution in [0.3, 0.4) is 0 Å². The van der Waals surface area contributed by atoms with E-state index in [0.717, 1.165) is 16.1 Å². The van der Waals surface area contributed by atoms with Crippen LogP contribution in [-0.4, -0.2) is 32.3 Å². The highest BCUT2D eigenvalue weighted by atomic mass is 32.2. The SMILES string of the molecule is CS(=O)(=O)N(CC(=O)O)c1ccc(OCc2ccccc2)cc1. The Kier molecular flexibility index (Phi) is 5.23. The molecule has 1 N–H and O–H groups in total. The van der Waals surface area contributed by atoms with E-state index in [1.54, 1.807) is 12.1 Å². The van der Waals surface area contributed by atoms with Crippen molar-refractivity contribution < 1.29 is 23.1 Å². The predicted molar refractivity (Wildman–Crippen MR) is 87.0 cm³/mol. The zero-order chi connectivity index (χ0) is 16.9. The number of hydrogen-bond acceptors (Lipinski definition) is 4. The lowest BCUT2D eigenvalue weighted by Crippen LogP contribution is -2.34. The van der Waals surface area contributed by atoms with Gasteiger partial charge >= 0.3 is 5.97 Å². The summed E-state index contributed by atoms with van der Waals surface area (Å²) in [5, 5.41) is 8.84. The standard InChI is InChI=1S/C16H17NO5S/c1-23(20,21)17(11-16(18)19)14-7-9-15(10-8-14)22-12-13-5-3-2-4-6-13/h2-10H,11-12H2,1H3,(H,18,19). The number of benzene rings is 2. The number of ether oxygens (including phenoxy) is 1. The number of carboxylic acids is 1. The van der Waals surface area contributed by atoms with Gasteiger partial charge in [0.05, 0.1) is 11.9 Å². The predicted octanol–water partition coefficient (Wildman–Crippen LogP) is 2.12. The zero-order valence-corrected chi connectivity index (χ0v) is 13.4. The molecule has 7 heteroatoms. The van der Waals surface area contributed by atoms with E-state index in [9.17, 15) is 13.2 Å². The first-order chi connectivity index (χ1) is 10.9. The van der Waals surface area contributed by atoms with Gasteiger partial charge in [0, 0.05) is 0 Å². The highest BCUT2D eigenvalue weighted by molar-refractivity contribution is 7.92. The molecule has 2 aromatic carbocycles. The molecule has 122 valence electrons. The van der Waals surface area contributed by atoms with Crippen LogP contribution in [0, 0.1) is 0 Å². The van der Waals surface area contributed by atoms with Crippen molar-refractivity contribution in [3.05, 3.63) is 60.2 Å². The summed E-state index contributed by atoms with van der Waals surface area (Å²) >= 11 is 0. The molecule has 0 atom stereocenters. The van der Waals surface area contributed by atoms with E-state index in [0.29, 0.717) is 12.4 Å². The molecule has 6 nitrogen and oxygen atoms in total. The summed E-state index contributed by atoms with van der Waals surface area (Å²) in [6.07, 6.45) is 0.968. The maximum Gasteiger partial charge on any atom is 0.324 e. The summed E-state index contributed by atoms with van der Waals surface area (Å²) in [7, 11) is -3.67. The largest absolute Gasteiger partial charge is 0.489 e. The van der Waals surface area contributed by atoms with Gasteiger partial charge in [-0.2, -0.15) is 0 Å². The number of aliphatic carboxylic acids is 1. The van der Waals surface area contributed by atoms with E-state index >= 15 is 0 Å². The van der Waals surface area contributed by atoms with Crippen LogP contribution < -0.4 is 9.04 Å². The second kappa shape index (κ2) is 7.15. The second-order valence-corrected chi connectivity index (χ2v) is 6.84. The molecule has 0 unspecified atom stereocenters. The van der Waals surface area contributed by atoms with Gasteiger partial charge in [-0.15, -0.1) is 0 Å². The van der Waals surface area contributed by atoms with Crippen molar-refractivity contribution in [3.63, 3.8) is 0 Å². The summed E-state index contributed by atoms with van der Waals surface area (Å²) in [5.74, 6) is -0.652. The van der Waals surface area contributed by atoms with E-state index in [2.05, 4.69) is 0 Å². The highest BCUT2D eigenvalue weighted by Crippen LogP contribution is 2.22. The third-order valence-electron chi connectivity index (χ3n) is 3.05. The summed E-state index contributed by atoms with van der Waals surface area (Å²) in [6, 6.07) is 15.9. The Balaban J connectivity index is 2.09. The molecule has 2 aromatic rings. The van der Waals surface area contributed by atoms with Gasteiger partial charge in [-0.1, -0.05) is 30.3 Å². The van der Waals surface area contributed by atoms with Crippen LogP contribution in [0.1, 0.15) is 5.56 Å². The monoisotopic (exact) mass is 335 g/mol. The average molecular weight is 335 g/mol. The normalized spacial score (nSPS) is 11.0. The lowest BCUT2D eigenvalue weighted by molar-refractivity contribution is -0.135. The van der Waals surface area contributed by atoms with Crippen LogP contribution in [0.15, 0.2) is 54.6 Å². The minimum atomic E-state index is -3.67. The van der Waals surface area contributed by atoms with Crippen LogP contribution in [-0.2, 0) is 21.4 Å². The molecule has 0 spiro atoms. The van der Waals surface area contributed by atoms with Crippen molar-refractivity contribution in [1.29, 1.82) is 0 Å². The van der Waals surface area contributed by atoms with E-state index in [1.807, 2.05) is 30.3 Å². The topological polar surface area (TPSA) is 83.9 Å². The molecule has 0 fully saturated rings. The van der Waals surface area contributed by atoms with Crippen LogP contribution >= 0.6 is 0 Å². The van der Waals surface area contributed by atoms with Gasteiger partial charge in [0.25, 0.3) is 0 Å². The first kappa shape index (κ1) is 16.8. The van der Waals surface area contributed by atoms with Gasteiger partial charge in [-0.05, 0) is 29.8 Å². The van der Waals surface area contributed by atoms with Gasteiger partial charge in [0.1, 0.15) is 18.9 Å². The van der Waals surface area contributed by atoms with Crippen molar-refractivity contribution in [1.82, 2.24) is 0 Å². The van der Waals surface area contributed by atoms with Crippen LogP contribution in [0.4, 0.5) is 5.69 Å². The van der Waals surface area contributed by atoms with Gasteiger partial charge in [-0.25, -0.2) is 8.42 Å². The van der Waals surface area contributed by atoms with E-state index in [4.69, 9.17) is 9.84 Å². The van der Waals surface area contributed by atoms with Crippen molar-refractivity contribution in [3.8, 4) is 5.75 Å². The first-order valence-corrected chi connectivity index (χ1v) is 8.67. The molecule has 23 heavy (non-hydrogen) atoms. The quantitative estimate of drug-likeness (QED) is 0.838. The minimum Gasteiger partial charge on any atom is -0.489 e. The first-order valence-electron chi connectivity index (χ1n) is 6.82. The molecule has 0 aliphatic heterocycles. The van der Waals surface area contributed by atoms with Gasteiger partial charge in [0.15, 0.2) is 0 Å². The summed E-state index contributed by atoms with van der Waals surface area (Å²) in [6.45, 7) is -0.228. The number of nitrogens with zero attached hydrogens (tertiary/aromatic N) is 1. The molecule has 0 heterocycles. The number of carboxylic acid groups (broad SMARTS) is 1. The molecule has 0 saturated heterocycles. The number of rotatable bonds is 7. The summed E-state index contributed by atoms with van der Waals surface area (Å²) in [4.78, 5) is 10.8. The maximum absolute atomic E-state index is 11.7. The number of anilines is 1. The third-order valence-corrected chi connectivity index (χ3v) is 4.19. The molecule has 0 bridgehead atoms. The molecular weight excluding hydrogens is 318 g/mol. The fraction of sp³-hybridized carbons (Fsp3) is 0.188.